The lowest BCUT2D eigenvalue weighted by Crippen LogP contribution is -2.31. The van der Waals surface area contributed by atoms with Gasteiger partial charge in [-0.15, -0.1) is 0 Å². The monoisotopic (exact) mass is 340 g/mol. The summed E-state index contributed by atoms with van der Waals surface area (Å²) in [6, 6.07) is 1.76. The van der Waals surface area contributed by atoms with E-state index in [0.717, 1.165) is 10.9 Å². The molecule has 1 aromatic heterocycles. The second kappa shape index (κ2) is 7.74. The molecule has 0 aromatic carbocycles. The topological polar surface area (TPSA) is 51.2 Å². The van der Waals surface area contributed by atoms with E-state index < -0.39 is 0 Å². The normalized spacial score (nSPS) is 22.5. The van der Waals surface area contributed by atoms with E-state index in [9.17, 15) is 4.79 Å². The van der Waals surface area contributed by atoms with Crippen LogP contribution < -0.4 is 5.32 Å². The number of rotatable bonds is 5. The maximum Gasteiger partial charge on any atom is 0.252 e. The average Bonchev–Trinajstić information content (AvgIpc) is 2.45. The Morgan fingerprint density at radius 3 is 3.00 bits per heavy atom. The molecular formula is C15H21BrN2O2. The van der Waals surface area contributed by atoms with Gasteiger partial charge in [0.15, 0.2) is 0 Å². The third-order valence-electron chi connectivity index (χ3n) is 3.72. The zero-order valence-corrected chi connectivity index (χ0v) is 13.4. The van der Waals surface area contributed by atoms with E-state index in [1.807, 2.05) is 0 Å². The summed E-state index contributed by atoms with van der Waals surface area (Å²) in [4.78, 5) is 15.9. The summed E-state index contributed by atoms with van der Waals surface area (Å²) in [5.41, 5.74) is 0.561. The SMILES string of the molecule is C[C@H]1CCCC[C@@H]1OCCNC(=O)c1cncc(Br)c1. The second-order valence-corrected chi connectivity index (χ2v) is 6.23. The molecule has 1 amide bonds. The Morgan fingerprint density at radius 2 is 2.25 bits per heavy atom. The van der Waals surface area contributed by atoms with Crippen LogP contribution in [0.15, 0.2) is 22.9 Å². The second-order valence-electron chi connectivity index (χ2n) is 5.32. The molecule has 5 heteroatoms. The van der Waals surface area contributed by atoms with Crippen LogP contribution in [0.3, 0.4) is 0 Å². The van der Waals surface area contributed by atoms with Crippen LogP contribution in [-0.4, -0.2) is 30.1 Å². The van der Waals surface area contributed by atoms with E-state index in [-0.39, 0.29) is 5.91 Å². The molecule has 2 atom stereocenters. The van der Waals surface area contributed by atoms with Crippen LogP contribution in [0.2, 0.25) is 0 Å². The van der Waals surface area contributed by atoms with Crippen molar-refractivity contribution in [2.45, 2.75) is 38.7 Å². The van der Waals surface area contributed by atoms with Gasteiger partial charge in [0, 0.05) is 23.4 Å². The minimum atomic E-state index is -0.112. The predicted molar refractivity (Wildman–Crippen MR) is 81.6 cm³/mol. The highest BCUT2D eigenvalue weighted by Crippen LogP contribution is 2.25. The molecule has 4 nitrogen and oxygen atoms in total. The molecule has 0 unspecified atom stereocenters. The molecule has 1 aromatic rings. The Labute approximate surface area is 128 Å². The van der Waals surface area contributed by atoms with Gasteiger partial charge in [0.2, 0.25) is 0 Å². The van der Waals surface area contributed by atoms with Gasteiger partial charge in [-0.25, -0.2) is 0 Å². The molecule has 1 aliphatic rings. The summed E-state index contributed by atoms with van der Waals surface area (Å²) < 4.78 is 6.67. The van der Waals surface area contributed by atoms with Crippen molar-refractivity contribution in [3.05, 3.63) is 28.5 Å². The van der Waals surface area contributed by atoms with E-state index in [1.165, 1.54) is 19.3 Å². The van der Waals surface area contributed by atoms with Crippen molar-refractivity contribution in [2.24, 2.45) is 5.92 Å². The Hall–Kier alpha value is -0.940. The highest BCUT2D eigenvalue weighted by Gasteiger charge is 2.21. The number of hydrogen-bond donors (Lipinski definition) is 1. The smallest absolute Gasteiger partial charge is 0.252 e. The molecule has 0 aliphatic heterocycles. The van der Waals surface area contributed by atoms with E-state index in [4.69, 9.17) is 4.74 Å². The van der Waals surface area contributed by atoms with E-state index >= 15 is 0 Å². The number of nitrogens with one attached hydrogen (secondary N) is 1. The van der Waals surface area contributed by atoms with Crippen LogP contribution in [0.1, 0.15) is 43.0 Å². The van der Waals surface area contributed by atoms with E-state index in [0.29, 0.717) is 30.7 Å². The molecule has 2 rings (SSSR count). The molecule has 20 heavy (non-hydrogen) atoms. The number of amides is 1. The molecule has 0 saturated heterocycles. The fourth-order valence-electron chi connectivity index (χ4n) is 2.54. The van der Waals surface area contributed by atoms with Crippen LogP contribution in [0.5, 0.6) is 0 Å². The van der Waals surface area contributed by atoms with Gasteiger partial charge in [-0.05, 0) is 40.8 Å². The number of carbonyl (C=O) groups excluding carboxylic acids is 1. The molecule has 1 fully saturated rings. The maximum absolute atomic E-state index is 11.9. The Kier molecular flexibility index (Phi) is 5.98. The average molecular weight is 341 g/mol. The minimum absolute atomic E-state index is 0.112. The first-order valence-corrected chi connectivity index (χ1v) is 7.96. The van der Waals surface area contributed by atoms with Crippen molar-refractivity contribution < 1.29 is 9.53 Å². The molecular weight excluding hydrogens is 320 g/mol. The molecule has 1 N–H and O–H groups in total. The summed E-state index contributed by atoms with van der Waals surface area (Å²) in [7, 11) is 0. The number of halogens is 1. The quantitative estimate of drug-likeness (QED) is 0.837. The minimum Gasteiger partial charge on any atom is -0.376 e. The zero-order chi connectivity index (χ0) is 14.4. The van der Waals surface area contributed by atoms with Gasteiger partial charge in [-0.1, -0.05) is 19.8 Å². The molecule has 1 heterocycles. The highest BCUT2D eigenvalue weighted by atomic mass is 79.9. The van der Waals surface area contributed by atoms with Gasteiger partial charge >= 0.3 is 0 Å². The first kappa shape index (κ1) is 15.4. The number of hydrogen-bond acceptors (Lipinski definition) is 3. The van der Waals surface area contributed by atoms with Crippen LogP contribution in [0.4, 0.5) is 0 Å². The van der Waals surface area contributed by atoms with E-state index in [2.05, 4.69) is 33.2 Å². The summed E-state index contributed by atoms with van der Waals surface area (Å²) in [5, 5.41) is 2.86. The van der Waals surface area contributed by atoms with Crippen LogP contribution in [0.25, 0.3) is 0 Å². The van der Waals surface area contributed by atoms with Crippen molar-refractivity contribution in [1.29, 1.82) is 0 Å². The Balaban J connectivity index is 1.69. The van der Waals surface area contributed by atoms with Crippen molar-refractivity contribution in [1.82, 2.24) is 10.3 Å². The van der Waals surface area contributed by atoms with Crippen LogP contribution >= 0.6 is 15.9 Å². The third-order valence-corrected chi connectivity index (χ3v) is 4.15. The Morgan fingerprint density at radius 1 is 1.45 bits per heavy atom. The first-order chi connectivity index (χ1) is 9.66. The van der Waals surface area contributed by atoms with Crippen molar-refractivity contribution in [3.63, 3.8) is 0 Å². The number of carbonyl (C=O) groups is 1. The fraction of sp³-hybridized carbons (Fsp3) is 0.600. The number of ether oxygens (including phenoxy) is 1. The molecule has 0 bridgehead atoms. The number of aromatic nitrogens is 1. The summed E-state index contributed by atoms with van der Waals surface area (Å²) in [6.07, 6.45) is 8.53. The third kappa shape index (κ3) is 4.56. The lowest BCUT2D eigenvalue weighted by molar-refractivity contribution is -0.00294. The van der Waals surface area contributed by atoms with Gasteiger partial charge in [0.25, 0.3) is 5.91 Å². The Bertz CT molecular complexity index is 453. The molecule has 0 radical (unpaired) electrons. The largest absolute Gasteiger partial charge is 0.376 e. The number of nitrogens with zero attached hydrogens (tertiary/aromatic N) is 1. The van der Waals surface area contributed by atoms with Crippen molar-refractivity contribution >= 4 is 21.8 Å². The zero-order valence-electron chi connectivity index (χ0n) is 11.8. The van der Waals surface area contributed by atoms with Crippen LogP contribution in [0, 0.1) is 5.92 Å². The molecule has 110 valence electrons. The first-order valence-electron chi connectivity index (χ1n) is 7.17. The fourth-order valence-corrected chi connectivity index (χ4v) is 2.91. The summed E-state index contributed by atoms with van der Waals surface area (Å²) in [5.74, 6) is 0.521. The predicted octanol–water partition coefficient (Wildman–Crippen LogP) is 3.17. The van der Waals surface area contributed by atoms with Crippen molar-refractivity contribution in [2.75, 3.05) is 13.2 Å². The van der Waals surface area contributed by atoms with Crippen LogP contribution in [-0.2, 0) is 4.74 Å². The number of pyridine rings is 1. The van der Waals surface area contributed by atoms with Gasteiger partial charge in [0.1, 0.15) is 0 Å². The van der Waals surface area contributed by atoms with E-state index in [1.54, 1.807) is 18.5 Å². The summed E-state index contributed by atoms with van der Waals surface area (Å²) >= 11 is 3.30. The maximum atomic E-state index is 11.9. The van der Waals surface area contributed by atoms with Gasteiger partial charge < -0.3 is 10.1 Å². The molecule has 0 spiro atoms. The van der Waals surface area contributed by atoms with Crippen molar-refractivity contribution in [3.8, 4) is 0 Å². The van der Waals surface area contributed by atoms with Gasteiger partial charge in [0.05, 0.1) is 18.3 Å². The van der Waals surface area contributed by atoms with Gasteiger partial charge in [-0.3, -0.25) is 9.78 Å². The molecule has 1 saturated carbocycles. The lowest BCUT2D eigenvalue weighted by Gasteiger charge is -2.28. The lowest BCUT2D eigenvalue weighted by atomic mass is 9.88. The standard InChI is InChI=1S/C15H21BrN2O2/c1-11-4-2-3-5-14(11)20-7-6-18-15(19)12-8-13(16)10-17-9-12/h8-11,14H,2-7H2,1H3,(H,18,19)/t11-,14-/m0/s1. The van der Waals surface area contributed by atoms with Gasteiger partial charge in [-0.2, -0.15) is 0 Å². The summed E-state index contributed by atoms with van der Waals surface area (Å²) in [6.45, 7) is 3.35. The highest BCUT2D eigenvalue weighted by molar-refractivity contribution is 9.10. The molecule has 1 aliphatic carbocycles.